The first kappa shape index (κ1) is 22.4. The fraction of sp³-hybridized carbons (Fsp3) is 0.316. The molecule has 0 heterocycles. The van der Waals surface area contributed by atoms with Crippen LogP contribution in [0.4, 0.5) is 11.4 Å². The minimum atomic E-state index is -3.80. The standard InChI is InChI=1S/C19H23ClN2O4S2/c1-5-15(19(23)21-14-8-6-7-9-18(14)27-3)22(28(4,24)25)16-12-13(20)10-11-17(16)26-2/h6-12,15H,5H2,1-4H3,(H,21,23)/t15-/m1/s1. The molecule has 0 aliphatic rings. The topological polar surface area (TPSA) is 75.7 Å². The number of carbonyl (C=O) groups is 1. The average Bonchev–Trinajstić information content (AvgIpc) is 2.65. The van der Waals surface area contributed by atoms with Crippen LogP contribution < -0.4 is 14.4 Å². The molecule has 152 valence electrons. The van der Waals surface area contributed by atoms with Gasteiger partial charge in [-0.2, -0.15) is 0 Å². The van der Waals surface area contributed by atoms with Gasteiger partial charge in [-0.25, -0.2) is 8.42 Å². The van der Waals surface area contributed by atoms with Gasteiger partial charge in [0.05, 0.1) is 24.7 Å². The van der Waals surface area contributed by atoms with Crippen LogP contribution in [0.25, 0.3) is 0 Å². The van der Waals surface area contributed by atoms with Crippen molar-refractivity contribution in [3.05, 3.63) is 47.5 Å². The Morgan fingerprint density at radius 3 is 2.54 bits per heavy atom. The zero-order valence-electron chi connectivity index (χ0n) is 16.1. The van der Waals surface area contributed by atoms with Gasteiger partial charge >= 0.3 is 0 Å². The van der Waals surface area contributed by atoms with Crippen LogP contribution >= 0.6 is 23.4 Å². The highest BCUT2D eigenvalue weighted by atomic mass is 35.5. The molecule has 0 spiro atoms. The van der Waals surface area contributed by atoms with E-state index in [-0.39, 0.29) is 12.1 Å². The second-order valence-electron chi connectivity index (χ2n) is 5.99. The number of ether oxygens (including phenoxy) is 1. The number of hydrogen-bond donors (Lipinski definition) is 1. The minimum absolute atomic E-state index is 0.220. The van der Waals surface area contributed by atoms with E-state index in [0.717, 1.165) is 15.5 Å². The summed E-state index contributed by atoms with van der Waals surface area (Å²) in [7, 11) is -2.37. The SMILES string of the molecule is CC[C@H](C(=O)Nc1ccccc1SC)N(c1cc(Cl)ccc1OC)S(C)(=O)=O. The number of nitrogens with zero attached hydrogens (tertiary/aromatic N) is 1. The molecule has 0 bridgehead atoms. The van der Waals surface area contributed by atoms with Gasteiger partial charge in [0.25, 0.3) is 0 Å². The van der Waals surface area contributed by atoms with E-state index < -0.39 is 22.0 Å². The van der Waals surface area contributed by atoms with Gasteiger partial charge in [0.1, 0.15) is 11.8 Å². The van der Waals surface area contributed by atoms with Crippen LogP contribution in [0, 0.1) is 0 Å². The summed E-state index contributed by atoms with van der Waals surface area (Å²) in [6.07, 6.45) is 3.22. The summed E-state index contributed by atoms with van der Waals surface area (Å²) in [5.74, 6) is -0.123. The number of carbonyl (C=O) groups excluding carboxylic acids is 1. The smallest absolute Gasteiger partial charge is 0.248 e. The number of thioether (sulfide) groups is 1. The number of rotatable bonds is 8. The molecular weight excluding hydrogens is 420 g/mol. The number of anilines is 2. The van der Waals surface area contributed by atoms with Crippen molar-refractivity contribution in [2.75, 3.05) is 29.2 Å². The van der Waals surface area contributed by atoms with Gasteiger partial charge in [0.2, 0.25) is 15.9 Å². The Kier molecular flexibility index (Phi) is 7.63. The van der Waals surface area contributed by atoms with Gasteiger partial charge < -0.3 is 10.1 Å². The summed E-state index contributed by atoms with van der Waals surface area (Å²) in [5, 5.41) is 3.19. The summed E-state index contributed by atoms with van der Waals surface area (Å²) in [6.45, 7) is 1.75. The van der Waals surface area contributed by atoms with Gasteiger partial charge in [-0.3, -0.25) is 9.10 Å². The van der Waals surface area contributed by atoms with Crippen LogP contribution in [0.2, 0.25) is 5.02 Å². The molecule has 2 rings (SSSR count). The van der Waals surface area contributed by atoms with Crippen molar-refractivity contribution in [1.82, 2.24) is 0 Å². The largest absolute Gasteiger partial charge is 0.495 e. The Bertz CT molecular complexity index is 951. The third kappa shape index (κ3) is 5.12. The first-order chi connectivity index (χ1) is 13.2. The molecule has 2 aromatic rings. The number of amides is 1. The van der Waals surface area contributed by atoms with E-state index >= 15 is 0 Å². The summed E-state index contributed by atoms with van der Waals surface area (Å²) >= 11 is 7.58. The molecule has 28 heavy (non-hydrogen) atoms. The van der Waals surface area contributed by atoms with Crippen molar-refractivity contribution >= 4 is 50.7 Å². The van der Waals surface area contributed by atoms with E-state index in [4.69, 9.17) is 16.3 Å². The minimum Gasteiger partial charge on any atom is -0.495 e. The third-order valence-corrected chi connectivity index (χ3v) is 6.27. The van der Waals surface area contributed by atoms with Crippen molar-refractivity contribution in [3.8, 4) is 5.75 Å². The maximum Gasteiger partial charge on any atom is 0.248 e. The Morgan fingerprint density at radius 1 is 1.29 bits per heavy atom. The Morgan fingerprint density at radius 2 is 1.96 bits per heavy atom. The van der Waals surface area contributed by atoms with Gasteiger partial charge in [-0.15, -0.1) is 11.8 Å². The molecule has 0 unspecified atom stereocenters. The molecule has 0 saturated heterocycles. The summed E-state index contributed by atoms with van der Waals surface area (Å²) in [4.78, 5) is 13.9. The molecular formula is C19H23ClN2O4S2. The van der Waals surface area contributed by atoms with E-state index in [1.165, 1.54) is 24.9 Å². The first-order valence-corrected chi connectivity index (χ1v) is 11.9. The molecule has 1 N–H and O–H groups in total. The lowest BCUT2D eigenvalue weighted by Gasteiger charge is -2.31. The fourth-order valence-corrected chi connectivity index (χ4v) is 4.76. The Balaban J connectivity index is 2.50. The monoisotopic (exact) mass is 442 g/mol. The maximum atomic E-state index is 13.1. The van der Waals surface area contributed by atoms with E-state index in [1.807, 2.05) is 24.5 Å². The Labute approximate surface area is 175 Å². The van der Waals surface area contributed by atoms with E-state index in [0.29, 0.717) is 16.5 Å². The first-order valence-electron chi connectivity index (χ1n) is 8.49. The van der Waals surface area contributed by atoms with Crippen molar-refractivity contribution < 1.29 is 17.9 Å². The summed E-state index contributed by atoms with van der Waals surface area (Å²) in [6, 6.07) is 11.0. The quantitative estimate of drug-likeness (QED) is 0.618. The summed E-state index contributed by atoms with van der Waals surface area (Å²) < 4.78 is 31.6. The molecule has 1 atom stereocenters. The summed E-state index contributed by atoms with van der Waals surface area (Å²) in [5.41, 5.74) is 0.850. The zero-order valence-corrected chi connectivity index (χ0v) is 18.5. The van der Waals surface area contributed by atoms with E-state index in [2.05, 4.69) is 5.32 Å². The molecule has 6 nitrogen and oxygen atoms in total. The van der Waals surface area contributed by atoms with Crippen LogP contribution in [0.15, 0.2) is 47.4 Å². The predicted octanol–water partition coefficient (Wildman–Crippen LogP) is 4.25. The van der Waals surface area contributed by atoms with Gasteiger partial charge in [0.15, 0.2) is 0 Å². The lowest BCUT2D eigenvalue weighted by Crippen LogP contribution is -2.47. The van der Waals surface area contributed by atoms with Crippen molar-refractivity contribution in [2.45, 2.75) is 24.3 Å². The number of benzene rings is 2. The second-order valence-corrected chi connectivity index (χ2v) is 9.13. The van der Waals surface area contributed by atoms with Crippen LogP contribution in [-0.4, -0.2) is 40.0 Å². The number of sulfonamides is 1. The van der Waals surface area contributed by atoms with Gasteiger partial charge in [0, 0.05) is 9.92 Å². The van der Waals surface area contributed by atoms with Crippen LogP contribution in [0.1, 0.15) is 13.3 Å². The van der Waals surface area contributed by atoms with E-state index in [1.54, 1.807) is 25.1 Å². The Hall–Kier alpha value is -1.90. The van der Waals surface area contributed by atoms with Crippen LogP contribution in [0.5, 0.6) is 5.75 Å². The van der Waals surface area contributed by atoms with Crippen LogP contribution in [0.3, 0.4) is 0 Å². The molecule has 0 aliphatic heterocycles. The average molecular weight is 443 g/mol. The fourth-order valence-electron chi connectivity index (χ4n) is 2.83. The molecule has 0 fully saturated rings. The lowest BCUT2D eigenvalue weighted by atomic mass is 10.1. The highest BCUT2D eigenvalue weighted by Crippen LogP contribution is 2.35. The highest BCUT2D eigenvalue weighted by Gasteiger charge is 2.33. The maximum absolute atomic E-state index is 13.1. The lowest BCUT2D eigenvalue weighted by molar-refractivity contribution is -0.117. The molecule has 0 aliphatic carbocycles. The zero-order chi connectivity index (χ0) is 20.9. The number of methoxy groups -OCH3 is 1. The highest BCUT2D eigenvalue weighted by molar-refractivity contribution is 7.98. The second kappa shape index (κ2) is 9.54. The van der Waals surface area contributed by atoms with Crippen molar-refractivity contribution in [3.63, 3.8) is 0 Å². The predicted molar refractivity (Wildman–Crippen MR) is 116 cm³/mol. The number of halogens is 1. The molecule has 2 aromatic carbocycles. The number of para-hydroxylation sites is 1. The van der Waals surface area contributed by atoms with Crippen LogP contribution in [-0.2, 0) is 14.8 Å². The number of hydrogen-bond acceptors (Lipinski definition) is 5. The van der Waals surface area contributed by atoms with Gasteiger partial charge in [-0.1, -0.05) is 30.7 Å². The van der Waals surface area contributed by atoms with Crippen molar-refractivity contribution in [2.24, 2.45) is 0 Å². The molecule has 1 amide bonds. The normalized spacial score (nSPS) is 12.3. The molecule has 0 radical (unpaired) electrons. The third-order valence-electron chi connectivity index (χ3n) is 4.07. The van der Waals surface area contributed by atoms with Crippen molar-refractivity contribution in [1.29, 1.82) is 0 Å². The number of nitrogens with one attached hydrogen (secondary N) is 1. The molecule has 9 heteroatoms. The molecule has 0 aromatic heterocycles. The molecule has 0 saturated carbocycles. The van der Waals surface area contributed by atoms with Gasteiger partial charge in [-0.05, 0) is 43.0 Å². The van der Waals surface area contributed by atoms with E-state index in [9.17, 15) is 13.2 Å².